The van der Waals surface area contributed by atoms with Gasteiger partial charge in [-0.15, -0.1) is 4.99 Å². The van der Waals surface area contributed by atoms with Gasteiger partial charge in [-0.25, -0.2) is 14.4 Å². The van der Waals surface area contributed by atoms with Crippen molar-refractivity contribution in [3.05, 3.63) is 35.9 Å². The van der Waals surface area contributed by atoms with Crippen molar-refractivity contribution in [1.82, 2.24) is 15.1 Å². The largest absolute Gasteiger partial charge is 0.465 e. The second-order valence-corrected chi connectivity index (χ2v) is 8.79. The zero-order valence-electron chi connectivity index (χ0n) is 19.7. The van der Waals surface area contributed by atoms with Crippen molar-refractivity contribution in [3.8, 4) is 0 Å². The number of aliphatic imine (C=N–C) groups is 1. The van der Waals surface area contributed by atoms with Crippen LogP contribution in [-0.2, 0) is 15.9 Å². The van der Waals surface area contributed by atoms with E-state index < -0.39 is 24.3 Å². The molecule has 0 aliphatic carbocycles. The summed E-state index contributed by atoms with van der Waals surface area (Å²) in [5.74, 6) is 0.257. The third-order valence-corrected chi connectivity index (χ3v) is 4.84. The van der Waals surface area contributed by atoms with E-state index in [4.69, 9.17) is 9.47 Å². The predicted molar refractivity (Wildman–Crippen MR) is 123 cm³/mol. The normalized spacial score (nSPS) is 16.7. The molecule has 1 atom stereocenters. The quantitative estimate of drug-likeness (QED) is 0.491. The summed E-state index contributed by atoms with van der Waals surface area (Å²) in [7, 11) is 0. The molecule has 0 spiro atoms. The van der Waals surface area contributed by atoms with Crippen LogP contribution in [-0.4, -0.2) is 78.0 Å². The fourth-order valence-corrected chi connectivity index (χ4v) is 3.26. The summed E-state index contributed by atoms with van der Waals surface area (Å²) in [6.07, 6.45) is -2.11. The van der Waals surface area contributed by atoms with Crippen LogP contribution in [0.25, 0.3) is 0 Å². The maximum Gasteiger partial charge on any atom is 0.436 e. The Morgan fingerprint density at radius 2 is 1.70 bits per heavy atom. The van der Waals surface area contributed by atoms with Crippen LogP contribution >= 0.6 is 0 Å². The third kappa shape index (κ3) is 8.99. The maximum absolute atomic E-state index is 12.3. The highest BCUT2D eigenvalue weighted by molar-refractivity contribution is 5.98. The molecule has 1 aromatic rings. The molecule has 1 heterocycles. The van der Waals surface area contributed by atoms with Crippen LogP contribution in [0.5, 0.6) is 0 Å². The van der Waals surface area contributed by atoms with Gasteiger partial charge in [-0.3, -0.25) is 5.32 Å². The van der Waals surface area contributed by atoms with Gasteiger partial charge < -0.3 is 24.4 Å². The molecule has 1 unspecified atom stereocenters. The topological polar surface area (TPSA) is 121 Å². The van der Waals surface area contributed by atoms with Gasteiger partial charge in [-0.1, -0.05) is 58.0 Å². The highest BCUT2D eigenvalue weighted by Crippen LogP contribution is 2.16. The minimum atomic E-state index is -1.02. The molecular formula is C23H34N4O6. The molecule has 3 amide bonds. The zero-order valence-corrected chi connectivity index (χ0v) is 19.7. The summed E-state index contributed by atoms with van der Waals surface area (Å²) in [5, 5.41) is 12.2. The van der Waals surface area contributed by atoms with E-state index in [2.05, 4.69) is 10.3 Å². The first-order valence-corrected chi connectivity index (χ1v) is 11.1. The van der Waals surface area contributed by atoms with E-state index in [1.807, 2.05) is 58.0 Å². The minimum absolute atomic E-state index is 0.0133. The molecule has 10 nitrogen and oxygen atoms in total. The van der Waals surface area contributed by atoms with Gasteiger partial charge in [0.25, 0.3) is 0 Å². The summed E-state index contributed by atoms with van der Waals surface area (Å²) in [5.41, 5.74) is 0.981. The van der Waals surface area contributed by atoms with Gasteiger partial charge >= 0.3 is 18.3 Å². The van der Waals surface area contributed by atoms with Gasteiger partial charge in [0.05, 0.1) is 19.3 Å². The number of piperazine rings is 1. The molecule has 1 fully saturated rings. The van der Waals surface area contributed by atoms with Crippen molar-refractivity contribution < 1.29 is 29.0 Å². The monoisotopic (exact) mass is 462 g/mol. The highest BCUT2D eigenvalue weighted by Gasteiger charge is 2.33. The minimum Gasteiger partial charge on any atom is -0.465 e. The number of nitrogens with one attached hydrogen (secondary N) is 1. The number of alkyl carbamates (subject to hydrolysis) is 1. The second-order valence-electron chi connectivity index (χ2n) is 8.79. The fraction of sp³-hybridized carbons (Fsp3) is 0.565. The van der Waals surface area contributed by atoms with E-state index in [1.54, 1.807) is 4.90 Å². The molecule has 182 valence electrons. The molecule has 1 aromatic carbocycles. The number of carbonyl (C=O) groups is 3. The molecule has 0 bridgehead atoms. The Morgan fingerprint density at radius 3 is 2.30 bits per heavy atom. The van der Waals surface area contributed by atoms with Crippen LogP contribution in [0.1, 0.15) is 33.3 Å². The number of hydrogen-bond acceptors (Lipinski definition) is 5. The second kappa shape index (κ2) is 12.7. The maximum atomic E-state index is 12.3. The molecule has 2 rings (SSSR count). The summed E-state index contributed by atoms with van der Waals surface area (Å²) in [4.78, 5) is 43.4. The summed E-state index contributed by atoms with van der Waals surface area (Å²) < 4.78 is 10.3. The number of carboxylic acid groups (broad SMARTS) is 1. The van der Waals surface area contributed by atoms with Crippen molar-refractivity contribution in [1.29, 1.82) is 0 Å². The Morgan fingerprint density at radius 1 is 1.06 bits per heavy atom. The van der Waals surface area contributed by atoms with Gasteiger partial charge in [0, 0.05) is 19.6 Å². The Labute approximate surface area is 194 Å². The van der Waals surface area contributed by atoms with Gasteiger partial charge in [-0.2, -0.15) is 0 Å². The number of amides is 3. The Kier molecular flexibility index (Phi) is 9.96. The number of nitrogens with zero attached hydrogens (tertiary/aromatic N) is 3. The lowest BCUT2D eigenvalue weighted by molar-refractivity contribution is 0.0876. The average molecular weight is 463 g/mol. The first kappa shape index (κ1) is 26.0. The molecule has 33 heavy (non-hydrogen) atoms. The molecule has 2 N–H and O–H groups in total. The number of carbonyl (C=O) groups excluding carboxylic acids is 2. The number of benzene rings is 1. The number of rotatable bonds is 6. The average Bonchev–Trinajstić information content (AvgIpc) is 2.76. The number of ether oxygens (including phenoxy) is 2. The zero-order chi connectivity index (χ0) is 24.4. The van der Waals surface area contributed by atoms with E-state index in [-0.39, 0.29) is 50.6 Å². The lowest BCUT2D eigenvalue weighted by Gasteiger charge is -2.41. The van der Waals surface area contributed by atoms with E-state index >= 15 is 0 Å². The molecule has 0 aromatic heterocycles. The predicted octanol–water partition coefficient (Wildman–Crippen LogP) is 3.42. The Balaban J connectivity index is 2.21. The first-order chi connectivity index (χ1) is 15.7. The summed E-state index contributed by atoms with van der Waals surface area (Å²) in [6, 6.07) is 9.14. The van der Waals surface area contributed by atoms with Crippen molar-refractivity contribution in [2.24, 2.45) is 16.8 Å². The molecule has 1 aliphatic rings. The van der Waals surface area contributed by atoms with Crippen LogP contribution in [0, 0.1) is 11.8 Å². The first-order valence-electron chi connectivity index (χ1n) is 11.1. The SMILES string of the molecule is CC(C)COC(=O)N=C(NC(=O)OCC(C)C)N1CCN(C(=O)O)C(Cc2ccccc2)C1. The van der Waals surface area contributed by atoms with Crippen LogP contribution in [0.3, 0.4) is 0 Å². The van der Waals surface area contributed by atoms with Gasteiger partial charge in [0.1, 0.15) is 0 Å². The van der Waals surface area contributed by atoms with Crippen LogP contribution in [0.4, 0.5) is 14.4 Å². The molecule has 1 aliphatic heterocycles. The molecule has 10 heteroatoms. The van der Waals surface area contributed by atoms with Crippen molar-refractivity contribution in [3.63, 3.8) is 0 Å². The standard InChI is InChI=1S/C23H34N4O6/c1-16(2)14-32-21(28)24-20(25-22(29)33-15-17(3)4)26-10-11-27(23(30)31)19(13-26)12-18-8-6-5-7-9-18/h5-9,16-17,19H,10-15H2,1-4H3,(H,30,31)(H,24,25,28,29). The van der Waals surface area contributed by atoms with Gasteiger partial charge in [0.2, 0.25) is 5.96 Å². The smallest absolute Gasteiger partial charge is 0.436 e. The van der Waals surface area contributed by atoms with Crippen LogP contribution in [0.15, 0.2) is 35.3 Å². The lowest BCUT2D eigenvalue weighted by Crippen LogP contribution is -2.59. The Bertz CT molecular complexity index is 828. The van der Waals surface area contributed by atoms with Gasteiger partial charge in [0.15, 0.2) is 0 Å². The summed E-state index contributed by atoms with van der Waals surface area (Å²) >= 11 is 0. The lowest BCUT2D eigenvalue weighted by atomic mass is 10.0. The van der Waals surface area contributed by atoms with Gasteiger partial charge in [-0.05, 0) is 23.8 Å². The molecule has 1 saturated heterocycles. The van der Waals surface area contributed by atoms with Crippen LogP contribution in [0.2, 0.25) is 0 Å². The Hall–Kier alpha value is -3.30. The number of hydrogen-bond donors (Lipinski definition) is 2. The van der Waals surface area contributed by atoms with Crippen LogP contribution < -0.4 is 5.32 Å². The van der Waals surface area contributed by atoms with E-state index in [0.717, 1.165) is 5.56 Å². The summed E-state index contributed by atoms with van der Waals surface area (Å²) in [6.45, 7) is 8.69. The molecule has 0 radical (unpaired) electrons. The van der Waals surface area contributed by atoms with Crippen molar-refractivity contribution in [2.45, 2.75) is 40.2 Å². The molecule has 0 saturated carbocycles. The van der Waals surface area contributed by atoms with E-state index in [0.29, 0.717) is 6.42 Å². The third-order valence-electron chi connectivity index (χ3n) is 4.84. The van der Waals surface area contributed by atoms with Crippen molar-refractivity contribution >= 4 is 24.2 Å². The van der Waals surface area contributed by atoms with Crippen molar-refractivity contribution in [2.75, 3.05) is 32.8 Å². The van der Waals surface area contributed by atoms with E-state index in [1.165, 1.54) is 4.90 Å². The number of guanidine groups is 1. The van der Waals surface area contributed by atoms with E-state index in [9.17, 15) is 19.5 Å². The highest BCUT2D eigenvalue weighted by atomic mass is 16.6. The fourth-order valence-electron chi connectivity index (χ4n) is 3.26. The molecular weight excluding hydrogens is 428 g/mol.